The number of hydrogen-bond donors (Lipinski definition) is 2. The molecule has 0 fully saturated rings. The Hall–Kier alpha value is -4.33. The summed E-state index contributed by atoms with van der Waals surface area (Å²) in [5.74, 6) is -1.14. The first-order valence-corrected chi connectivity index (χ1v) is 10.8. The Balaban J connectivity index is 1.78. The largest absolute Gasteiger partial charge is 0.483 e. The van der Waals surface area contributed by atoms with Crippen LogP contribution < -0.4 is 15.8 Å². The standard InChI is InChI=1S/C26H25N3O5/c1-16(26(32)33-2)28-22(30)15-34-21-13-7-12-20-24(21)23-18(25(27)31)10-6-11-19(23)29(20)14-17-8-4-3-5-9-17/h3-13,16H,14-15H2,1-2H3,(H2,27,31)(H,28,30). The average molecular weight is 460 g/mol. The molecule has 0 aliphatic heterocycles. The summed E-state index contributed by atoms with van der Waals surface area (Å²) in [4.78, 5) is 36.2. The number of carbonyl (C=O) groups is 3. The minimum atomic E-state index is -0.800. The van der Waals surface area contributed by atoms with Crippen LogP contribution in [-0.4, -0.2) is 42.1 Å². The van der Waals surface area contributed by atoms with Gasteiger partial charge in [-0.25, -0.2) is 4.79 Å². The predicted molar refractivity (Wildman–Crippen MR) is 129 cm³/mol. The van der Waals surface area contributed by atoms with E-state index in [2.05, 4.69) is 14.6 Å². The molecule has 0 saturated heterocycles. The Morgan fingerprint density at radius 1 is 0.941 bits per heavy atom. The smallest absolute Gasteiger partial charge is 0.328 e. The fraction of sp³-hybridized carbons (Fsp3) is 0.192. The molecule has 1 atom stereocenters. The zero-order chi connectivity index (χ0) is 24.2. The van der Waals surface area contributed by atoms with E-state index in [4.69, 9.17) is 10.5 Å². The number of nitrogens with two attached hydrogens (primary N) is 1. The molecule has 0 bridgehead atoms. The van der Waals surface area contributed by atoms with Crippen molar-refractivity contribution in [2.75, 3.05) is 13.7 Å². The van der Waals surface area contributed by atoms with Crippen molar-refractivity contribution >= 4 is 39.6 Å². The summed E-state index contributed by atoms with van der Waals surface area (Å²) in [6, 6.07) is 20.1. The van der Waals surface area contributed by atoms with Crippen LogP contribution in [0, 0.1) is 0 Å². The maximum atomic E-state index is 12.3. The molecule has 1 unspecified atom stereocenters. The lowest BCUT2D eigenvalue weighted by molar-refractivity contribution is -0.144. The van der Waals surface area contributed by atoms with Crippen LogP contribution >= 0.6 is 0 Å². The lowest BCUT2D eigenvalue weighted by Gasteiger charge is -2.13. The normalized spacial score (nSPS) is 11.8. The number of rotatable bonds is 8. The first-order valence-electron chi connectivity index (χ1n) is 10.8. The number of methoxy groups -OCH3 is 1. The van der Waals surface area contributed by atoms with Crippen LogP contribution in [-0.2, 0) is 20.9 Å². The van der Waals surface area contributed by atoms with Crippen molar-refractivity contribution in [3.8, 4) is 5.75 Å². The Kier molecular flexibility index (Phi) is 6.49. The molecule has 1 heterocycles. The number of primary amides is 1. The van der Waals surface area contributed by atoms with E-state index in [1.165, 1.54) is 14.0 Å². The fourth-order valence-corrected chi connectivity index (χ4v) is 4.08. The Labute approximate surface area is 196 Å². The lowest BCUT2D eigenvalue weighted by Crippen LogP contribution is -2.41. The number of carbonyl (C=O) groups excluding carboxylic acids is 3. The third-order valence-corrected chi connectivity index (χ3v) is 5.62. The Bertz CT molecular complexity index is 1380. The van der Waals surface area contributed by atoms with Crippen LogP contribution in [0.5, 0.6) is 5.75 Å². The van der Waals surface area contributed by atoms with Crippen molar-refractivity contribution in [2.45, 2.75) is 19.5 Å². The fourth-order valence-electron chi connectivity index (χ4n) is 4.08. The summed E-state index contributed by atoms with van der Waals surface area (Å²) >= 11 is 0. The van der Waals surface area contributed by atoms with Gasteiger partial charge in [-0.15, -0.1) is 0 Å². The third-order valence-electron chi connectivity index (χ3n) is 5.62. The first kappa shape index (κ1) is 22.8. The van der Waals surface area contributed by atoms with Gasteiger partial charge in [0.25, 0.3) is 5.91 Å². The van der Waals surface area contributed by atoms with E-state index >= 15 is 0 Å². The van der Waals surface area contributed by atoms with Gasteiger partial charge >= 0.3 is 5.97 Å². The van der Waals surface area contributed by atoms with Crippen LogP contribution in [0.3, 0.4) is 0 Å². The summed E-state index contributed by atoms with van der Waals surface area (Å²) < 4.78 is 12.6. The summed E-state index contributed by atoms with van der Waals surface area (Å²) in [6.07, 6.45) is 0. The molecule has 174 valence electrons. The van der Waals surface area contributed by atoms with Gasteiger partial charge in [0.1, 0.15) is 11.8 Å². The van der Waals surface area contributed by atoms with Gasteiger partial charge in [-0.1, -0.05) is 42.5 Å². The number of amides is 2. The number of ether oxygens (including phenoxy) is 2. The highest BCUT2D eigenvalue weighted by Gasteiger charge is 2.21. The second-order valence-corrected chi connectivity index (χ2v) is 7.89. The number of hydrogen-bond acceptors (Lipinski definition) is 5. The molecule has 8 heteroatoms. The van der Waals surface area contributed by atoms with E-state index in [1.807, 2.05) is 48.5 Å². The Morgan fingerprint density at radius 2 is 1.62 bits per heavy atom. The highest BCUT2D eigenvalue weighted by atomic mass is 16.5. The quantitative estimate of drug-likeness (QED) is 0.394. The van der Waals surface area contributed by atoms with Gasteiger partial charge < -0.3 is 25.1 Å². The predicted octanol–water partition coefficient (Wildman–Crippen LogP) is 3.00. The summed E-state index contributed by atoms with van der Waals surface area (Å²) in [5.41, 5.74) is 8.83. The van der Waals surface area contributed by atoms with E-state index in [9.17, 15) is 14.4 Å². The summed E-state index contributed by atoms with van der Waals surface area (Å²) in [6.45, 7) is 1.79. The zero-order valence-electron chi connectivity index (χ0n) is 18.9. The van der Waals surface area contributed by atoms with Gasteiger partial charge in [0, 0.05) is 17.5 Å². The van der Waals surface area contributed by atoms with Crippen molar-refractivity contribution in [1.29, 1.82) is 0 Å². The molecule has 4 rings (SSSR count). The monoisotopic (exact) mass is 459 g/mol. The summed E-state index contributed by atoms with van der Waals surface area (Å²) in [5, 5.41) is 3.89. The van der Waals surface area contributed by atoms with Crippen LogP contribution in [0.25, 0.3) is 21.8 Å². The molecular weight excluding hydrogens is 434 g/mol. The van der Waals surface area contributed by atoms with Crippen LogP contribution in [0.4, 0.5) is 0 Å². The molecule has 4 aromatic rings. The zero-order valence-corrected chi connectivity index (χ0v) is 18.9. The third kappa shape index (κ3) is 4.43. The molecular formula is C26H25N3O5. The van der Waals surface area contributed by atoms with Gasteiger partial charge in [-0.2, -0.15) is 0 Å². The average Bonchev–Trinajstić information content (AvgIpc) is 3.16. The van der Waals surface area contributed by atoms with Crippen molar-refractivity contribution in [2.24, 2.45) is 5.73 Å². The molecule has 34 heavy (non-hydrogen) atoms. The molecule has 3 aromatic carbocycles. The van der Waals surface area contributed by atoms with Crippen LogP contribution in [0.15, 0.2) is 66.7 Å². The minimum absolute atomic E-state index is 0.315. The number of benzene rings is 3. The molecule has 0 saturated carbocycles. The number of fused-ring (bicyclic) bond motifs is 3. The van der Waals surface area contributed by atoms with Gasteiger partial charge in [0.05, 0.1) is 23.5 Å². The van der Waals surface area contributed by atoms with Gasteiger partial charge in [0.2, 0.25) is 5.91 Å². The van der Waals surface area contributed by atoms with Gasteiger partial charge in [-0.05, 0) is 36.8 Å². The molecule has 0 aliphatic carbocycles. The van der Waals surface area contributed by atoms with E-state index in [-0.39, 0.29) is 6.61 Å². The molecule has 1 aromatic heterocycles. The molecule has 2 amide bonds. The second kappa shape index (κ2) is 9.66. The SMILES string of the molecule is COC(=O)C(C)NC(=O)COc1cccc2c1c1c(C(N)=O)cccc1n2Cc1ccccc1. The van der Waals surface area contributed by atoms with Crippen LogP contribution in [0.1, 0.15) is 22.8 Å². The van der Waals surface area contributed by atoms with Crippen molar-refractivity contribution in [3.05, 3.63) is 77.9 Å². The van der Waals surface area contributed by atoms with Gasteiger partial charge in [-0.3, -0.25) is 9.59 Å². The number of esters is 1. The molecule has 3 N–H and O–H groups in total. The van der Waals surface area contributed by atoms with Crippen LogP contribution in [0.2, 0.25) is 0 Å². The maximum Gasteiger partial charge on any atom is 0.328 e. The van der Waals surface area contributed by atoms with E-state index < -0.39 is 23.8 Å². The number of nitrogens with one attached hydrogen (secondary N) is 1. The van der Waals surface area contributed by atoms with Crippen molar-refractivity contribution in [1.82, 2.24) is 9.88 Å². The Morgan fingerprint density at radius 3 is 2.29 bits per heavy atom. The van der Waals surface area contributed by atoms with Gasteiger partial charge in [0.15, 0.2) is 6.61 Å². The highest BCUT2D eigenvalue weighted by Crippen LogP contribution is 2.38. The molecule has 8 nitrogen and oxygen atoms in total. The van der Waals surface area contributed by atoms with E-state index in [1.54, 1.807) is 18.2 Å². The minimum Gasteiger partial charge on any atom is -0.483 e. The van der Waals surface area contributed by atoms with Crippen molar-refractivity contribution < 1.29 is 23.9 Å². The topological polar surface area (TPSA) is 113 Å². The lowest BCUT2D eigenvalue weighted by atomic mass is 10.1. The molecule has 0 radical (unpaired) electrons. The molecule has 0 aliphatic rings. The second-order valence-electron chi connectivity index (χ2n) is 7.89. The summed E-state index contributed by atoms with van der Waals surface area (Å²) in [7, 11) is 1.25. The first-order chi connectivity index (χ1) is 16.4. The number of aromatic nitrogens is 1. The van der Waals surface area contributed by atoms with E-state index in [0.717, 1.165) is 16.6 Å². The highest BCUT2D eigenvalue weighted by molar-refractivity contribution is 6.19. The maximum absolute atomic E-state index is 12.3. The van der Waals surface area contributed by atoms with Crippen molar-refractivity contribution in [3.63, 3.8) is 0 Å². The number of nitrogens with zero attached hydrogens (tertiary/aromatic N) is 1. The van der Waals surface area contributed by atoms with E-state index in [0.29, 0.717) is 28.6 Å². The molecule has 0 spiro atoms.